The molecule has 0 saturated heterocycles. The van der Waals surface area contributed by atoms with Crippen LogP contribution in [0.3, 0.4) is 0 Å². The van der Waals surface area contributed by atoms with Crippen molar-refractivity contribution < 1.29 is 24.2 Å². The van der Waals surface area contributed by atoms with E-state index >= 15 is 0 Å². The van der Waals surface area contributed by atoms with Gasteiger partial charge >= 0.3 is 11.9 Å². The fourth-order valence-electron chi connectivity index (χ4n) is 6.15. The molecule has 5 nitrogen and oxygen atoms in total. The summed E-state index contributed by atoms with van der Waals surface area (Å²) in [6, 6.07) is 0. The van der Waals surface area contributed by atoms with E-state index in [1.54, 1.807) is 0 Å². The lowest BCUT2D eigenvalue weighted by molar-refractivity contribution is -0.161. The van der Waals surface area contributed by atoms with Crippen molar-refractivity contribution >= 4 is 11.9 Å². The number of allylic oxidation sites excluding steroid dienone is 6. The normalized spacial score (nSPS) is 12.5. The molecule has 0 radical (unpaired) electrons. The second-order valence-corrected chi connectivity index (χ2v) is 14.4. The lowest BCUT2D eigenvalue weighted by atomic mass is 10.0. The van der Waals surface area contributed by atoms with Gasteiger partial charge in [-0.3, -0.25) is 9.59 Å². The fourth-order valence-corrected chi connectivity index (χ4v) is 6.15. The van der Waals surface area contributed by atoms with Crippen LogP contribution >= 0.6 is 0 Å². The molecular formula is C45H82O5. The number of ether oxygens (including phenoxy) is 2. The molecule has 50 heavy (non-hydrogen) atoms. The van der Waals surface area contributed by atoms with Gasteiger partial charge in [-0.2, -0.15) is 0 Å². The van der Waals surface area contributed by atoms with Gasteiger partial charge in [-0.1, -0.05) is 192 Å². The van der Waals surface area contributed by atoms with E-state index in [0.29, 0.717) is 12.8 Å². The average molecular weight is 703 g/mol. The molecule has 0 fully saturated rings. The van der Waals surface area contributed by atoms with Crippen molar-refractivity contribution in [3.05, 3.63) is 36.5 Å². The van der Waals surface area contributed by atoms with E-state index in [-0.39, 0.29) is 25.2 Å². The lowest BCUT2D eigenvalue weighted by Crippen LogP contribution is -2.28. The number of hydrogen-bond donors (Lipinski definition) is 1. The van der Waals surface area contributed by atoms with Gasteiger partial charge in [0.2, 0.25) is 0 Å². The first-order chi connectivity index (χ1) is 24.6. The molecule has 1 atom stereocenters. The quantitative estimate of drug-likeness (QED) is 0.0392. The Kier molecular flexibility index (Phi) is 40.0. The number of hydrogen-bond acceptors (Lipinski definition) is 5. The highest BCUT2D eigenvalue weighted by Gasteiger charge is 2.16. The Bertz CT molecular complexity index is 801. The number of unbranched alkanes of at least 4 members (excludes halogenated alkanes) is 25. The molecule has 5 heteroatoms. The van der Waals surface area contributed by atoms with E-state index in [0.717, 1.165) is 51.4 Å². The van der Waals surface area contributed by atoms with Crippen molar-refractivity contribution in [1.82, 2.24) is 0 Å². The van der Waals surface area contributed by atoms with Crippen molar-refractivity contribution in [3.63, 3.8) is 0 Å². The van der Waals surface area contributed by atoms with Gasteiger partial charge in [-0.15, -0.1) is 0 Å². The Balaban J connectivity index is 3.54. The zero-order valence-corrected chi connectivity index (χ0v) is 33.2. The molecular weight excluding hydrogens is 620 g/mol. The van der Waals surface area contributed by atoms with Crippen LogP contribution in [0.25, 0.3) is 0 Å². The van der Waals surface area contributed by atoms with Crippen molar-refractivity contribution in [2.45, 2.75) is 225 Å². The SMILES string of the molecule is CCCCCC=CCC=CCC=CCCCCC(=O)OC(CO)COC(=O)CCCCCCCCCCCCCCCCCCCCCCC. The highest BCUT2D eigenvalue weighted by Crippen LogP contribution is 2.15. The van der Waals surface area contributed by atoms with Gasteiger partial charge in [0.25, 0.3) is 0 Å². The predicted molar refractivity (Wildman–Crippen MR) is 214 cm³/mol. The average Bonchev–Trinajstić information content (AvgIpc) is 3.12. The molecule has 0 aromatic heterocycles. The van der Waals surface area contributed by atoms with Gasteiger partial charge in [0.15, 0.2) is 6.10 Å². The van der Waals surface area contributed by atoms with Gasteiger partial charge in [0.05, 0.1) is 6.61 Å². The van der Waals surface area contributed by atoms with Crippen molar-refractivity contribution in [1.29, 1.82) is 0 Å². The molecule has 0 heterocycles. The van der Waals surface area contributed by atoms with Crippen molar-refractivity contribution in [2.75, 3.05) is 13.2 Å². The first-order valence-electron chi connectivity index (χ1n) is 21.5. The second kappa shape index (κ2) is 41.5. The number of rotatable bonds is 39. The zero-order valence-electron chi connectivity index (χ0n) is 33.2. The maximum absolute atomic E-state index is 12.2. The van der Waals surface area contributed by atoms with Crippen LogP contribution in [0, 0.1) is 0 Å². The molecule has 0 aromatic rings. The van der Waals surface area contributed by atoms with Gasteiger partial charge in [0, 0.05) is 12.8 Å². The minimum atomic E-state index is -0.788. The van der Waals surface area contributed by atoms with Crippen molar-refractivity contribution in [3.8, 4) is 0 Å². The summed E-state index contributed by atoms with van der Waals surface area (Å²) < 4.78 is 10.6. The van der Waals surface area contributed by atoms with Gasteiger partial charge < -0.3 is 14.6 Å². The second-order valence-electron chi connectivity index (χ2n) is 14.4. The van der Waals surface area contributed by atoms with Crippen LogP contribution in [0.15, 0.2) is 36.5 Å². The maximum atomic E-state index is 12.2. The third-order valence-corrected chi connectivity index (χ3v) is 9.44. The summed E-state index contributed by atoms with van der Waals surface area (Å²) in [7, 11) is 0. The van der Waals surface area contributed by atoms with Gasteiger partial charge in [0.1, 0.15) is 6.61 Å². The zero-order chi connectivity index (χ0) is 36.4. The minimum absolute atomic E-state index is 0.0781. The molecule has 0 spiro atoms. The van der Waals surface area contributed by atoms with E-state index in [1.807, 2.05) is 0 Å². The summed E-state index contributed by atoms with van der Waals surface area (Å²) in [5, 5.41) is 9.56. The van der Waals surface area contributed by atoms with Crippen molar-refractivity contribution in [2.24, 2.45) is 0 Å². The van der Waals surface area contributed by atoms with Crippen LogP contribution in [0.5, 0.6) is 0 Å². The van der Waals surface area contributed by atoms with E-state index in [2.05, 4.69) is 50.3 Å². The fraction of sp³-hybridized carbons (Fsp3) is 0.822. The first-order valence-corrected chi connectivity index (χ1v) is 21.5. The van der Waals surface area contributed by atoms with Crippen LogP contribution in [0.1, 0.15) is 219 Å². The van der Waals surface area contributed by atoms with Crippen LogP contribution in [0.2, 0.25) is 0 Å². The number of esters is 2. The summed E-state index contributed by atoms with van der Waals surface area (Å²) in [5.74, 6) is -0.628. The molecule has 1 N–H and O–H groups in total. The summed E-state index contributed by atoms with van der Waals surface area (Å²) in [5.41, 5.74) is 0. The Morgan fingerprint density at radius 3 is 1.24 bits per heavy atom. The van der Waals surface area contributed by atoms with Gasteiger partial charge in [-0.05, 0) is 51.4 Å². The summed E-state index contributed by atoms with van der Waals surface area (Å²) >= 11 is 0. The largest absolute Gasteiger partial charge is 0.462 e. The smallest absolute Gasteiger partial charge is 0.306 e. The maximum Gasteiger partial charge on any atom is 0.306 e. The Morgan fingerprint density at radius 2 is 0.800 bits per heavy atom. The molecule has 292 valence electrons. The monoisotopic (exact) mass is 703 g/mol. The molecule has 0 aliphatic rings. The molecule has 0 aliphatic heterocycles. The molecule has 1 unspecified atom stereocenters. The predicted octanol–water partition coefficient (Wildman–Crippen LogP) is 13.6. The minimum Gasteiger partial charge on any atom is -0.462 e. The summed E-state index contributed by atoms with van der Waals surface area (Å²) in [6.07, 6.45) is 50.8. The summed E-state index contributed by atoms with van der Waals surface area (Å²) in [6.45, 7) is 4.09. The van der Waals surface area contributed by atoms with E-state index < -0.39 is 6.10 Å². The van der Waals surface area contributed by atoms with E-state index in [1.165, 1.54) is 141 Å². The Hall–Kier alpha value is -1.88. The molecule has 0 saturated carbocycles. The summed E-state index contributed by atoms with van der Waals surface area (Å²) in [4.78, 5) is 24.3. The van der Waals surface area contributed by atoms with Crippen LogP contribution < -0.4 is 0 Å². The molecule has 0 bridgehead atoms. The number of carbonyl (C=O) groups is 2. The van der Waals surface area contributed by atoms with Crippen LogP contribution in [-0.4, -0.2) is 36.4 Å². The van der Waals surface area contributed by atoms with E-state index in [9.17, 15) is 14.7 Å². The molecule has 0 aliphatic carbocycles. The lowest BCUT2D eigenvalue weighted by Gasteiger charge is -2.15. The number of aliphatic hydroxyl groups excluding tert-OH is 1. The van der Waals surface area contributed by atoms with Gasteiger partial charge in [-0.25, -0.2) is 0 Å². The first kappa shape index (κ1) is 48.1. The van der Waals surface area contributed by atoms with E-state index in [4.69, 9.17) is 9.47 Å². The Morgan fingerprint density at radius 1 is 0.460 bits per heavy atom. The third-order valence-electron chi connectivity index (χ3n) is 9.44. The van der Waals surface area contributed by atoms with Crippen LogP contribution in [-0.2, 0) is 19.1 Å². The third kappa shape index (κ3) is 38.9. The molecule has 0 amide bonds. The topological polar surface area (TPSA) is 72.8 Å². The molecule has 0 rings (SSSR count). The number of aliphatic hydroxyl groups is 1. The highest BCUT2D eigenvalue weighted by atomic mass is 16.6. The number of carbonyl (C=O) groups excluding carboxylic acids is 2. The van der Waals surface area contributed by atoms with Crippen LogP contribution in [0.4, 0.5) is 0 Å². The standard InChI is InChI=1S/C45H82O5/c1-3-5-7-9-11-13-15-17-19-20-21-22-23-24-26-27-29-31-33-35-37-39-44(47)49-42-43(41-46)50-45(48)40-38-36-34-32-30-28-25-18-16-14-12-10-8-6-4-2/h12,14,18,25,30,32,43,46H,3-11,13,15-17,19-24,26-29,31,33-42H2,1-2H3. The molecule has 0 aromatic carbocycles. The highest BCUT2D eigenvalue weighted by molar-refractivity contribution is 5.70. The Labute approximate surface area is 310 Å².